The number of fused-ring (bicyclic) bond motifs is 1. The van der Waals surface area contributed by atoms with Crippen molar-refractivity contribution in [1.29, 1.82) is 0 Å². The second-order valence-electron chi connectivity index (χ2n) is 8.41. The van der Waals surface area contributed by atoms with Crippen molar-refractivity contribution in [3.05, 3.63) is 47.2 Å². The summed E-state index contributed by atoms with van der Waals surface area (Å²) in [5.41, 5.74) is 4.85. The summed E-state index contributed by atoms with van der Waals surface area (Å²) in [7, 11) is 0. The van der Waals surface area contributed by atoms with Crippen molar-refractivity contribution in [2.45, 2.75) is 45.7 Å². The minimum absolute atomic E-state index is 0.378. The van der Waals surface area contributed by atoms with Gasteiger partial charge in [0, 0.05) is 37.4 Å². The van der Waals surface area contributed by atoms with Crippen LogP contribution in [0.15, 0.2) is 35.0 Å². The normalized spacial score (nSPS) is 18.3. The number of hydrogen-bond donors (Lipinski definition) is 1. The lowest BCUT2D eigenvalue weighted by Gasteiger charge is -2.26. The Balaban J connectivity index is 1.40. The van der Waals surface area contributed by atoms with Crippen molar-refractivity contribution in [1.82, 2.24) is 20.0 Å². The molecule has 1 fully saturated rings. The molecule has 2 aliphatic rings. The van der Waals surface area contributed by atoms with Crippen LogP contribution in [0.2, 0.25) is 0 Å². The maximum absolute atomic E-state index is 11.3. The summed E-state index contributed by atoms with van der Waals surface area (Å²) in [6.07, 6.45) is 4.00. The molecule has 2 aromatic heterocycles. The Morgan fingerprint density at radius 1 is 1.19 bits per heavy atom. The summed E-state index contributed by atoms with van der Waals surface area (Å²) in [4.78, 5) is 24.3. The number of amides is 1. The van der Waals surface area contributed by atoms with Crippen molar-refractivity contribution in [3.63, 3.8) is 0 Å². The highest BCUT2D eigenvalue weighted by molar-refractivity contribution is 5.67. The molecule has 2 aliphatic heterocycles. The molecule has 0 aliphatic carbocycles. The third-order valence-electron chi connectivity index (χ3n) is 6.30. The highest BCUT2D eigenvalue weighted by Gasteiger charge is 2.24. The van der Waals surface area contributed by atoms with Crippen LogP contribution >= 0.6 is 0 Å². The molecule has 8 heteroatoms. The minimum atomic E-state index is -0.896. The van der Waals surface area contributed by atoms with Gasteiger partial charge in [0.15, 0.2) is 0 Å². The third kappa shape index (κ3) is 3.62. The van der Waals surface area contributed by atoms with Gasteiger partial charge in [-0.25, -0.2) is 9.78 Å². The van der Waals surface area contributed by atoms with Crippen molar-refractivity contribution in [2.24, 2.45) is 0 Å². The van der Waals surface area contributed by atoms with Gasteiger partial charge in [0.25, 0.3) is 5.89 Å². The van der Waals surface area contributed by atoms with E-state index < -0.39 is 6.09 Å². The van der Waals surface area contributed by atoms with E-state index in [0.29, 0.717) is 37.3 Å². The van der Waals surface area contributed by atoms with Crippen LogP contribution in [0.1, 0.15) is 36.5 Å². The molecule has 5 rings (SSSR count). The molecule has 31 heavy (non-hydrogen) atoms. The van der Waals surface area contributed by atoms with Gasteiger partial charge >= 0.3 is 6.09 Å². The van der Waals surface area contributed by atoms with E-state index in [4.69, 9.17) is 4.52 Å². The van der Waals surface area contributed by atoms with E-state index >= 15 is 0 Å². The summed E-state index contributed by atoms with van der Waals surface area (Å²) in [6, 6.07) is 8.50. The van der Waals surface area contributed by atoms with Gasteiger partial charge in [0.1, 0.15) is 5.82 Å². The zero-order valence-corrected chi connectivity index (χ0v) is 17.7. The number of hydrogen-bond acceptors (Lipinski definition) is 6. The predicted molar refractivity (Wildman–Crippen MR) is 116 cm³/mol. The number of benzene rings is 1. The molecule has 1 amide bonds. The summed E-state index contributed by atoms with van der Waals surface area (Å²) in [5, 5.41) is 13.4. The Labute approximate surface area is 180 Å². The molecule has 1 saturated heterocycles. The predicted octanol–water partition coefficient (Wildman–Crippen LogP) is 4.13. The van der Waals surface area contributed by atoms with Crippen LogP contribution in [0.5, 0.6) is 0 Å². The SMILES string of the molecule is Cc1cc(-c2nc(-c3ccc4c(c3)CN(C(=O)O)CC4)no2)cnc1N1CCCC1C. The first-order valence-corrected chi connectivity index (χ1v) is 10.7. The van der Waals surface area contributed by atoms with Gasteiger partial charge in [-0.15, -0.1) is 0 Å². The lowest BCUT2D eigenvalue weighted by Crippen LogP contribution is -2.34. The van der Waals surface area contributed by atoms with Crippen molar-refractivity contribution < 1.29 is 14.4 Å². The Kier molecular flexibility index (Phi) is 4.84. The average Bonchev–Trinajstić information content (AvgIpc) is 3.42. The molecule has 0 spiro atoms. The Morgan fingerprint density at radius 3 is 2.81 bits per heavy atom. The summed E-state index contributed by atoms with van der Waals surface area (Å²) < 4.78 is 5.53. The number of carboxylic acid groups (broad SMARTS) is 1. The van der Waals surface area contributed by atoms with Crippen molar-refractivity contribution in [3.8, 4) is 22.8 Å². The summed E-state index contributed by atoms with van der Waals surface area (Å²) >= 11 is 0. The van der Waals surface area contributed by atoms with E-state index in [-0.39, 0.29) is 0 Å². The quantitative estimate of drug-likeness (QED) is 0.682. The lowest BCUT2D eigenvalue weighted by molar-refractivity contribution is 0.140. The van der Waals surface area contributed by atoms with E-state index in [1.165, 1.54) is 17.7 Å². The molecule has 8 nitrogen and oxygen atoms in total. The molecule has 160 valence electrons. The second-order valence-corrected chi connectivity index (χ2v) is 8.41. The van der Waals surface area contributed by atoms with E-state index in [1.54, 1.807) is 6.20 Å². The third-order valence-corrected chi connectivity index (χ3v) is 6.30. The zero-order chi connectivity index (χ0) is 21.5. The van der Waals surface area contributed by atoms with Gasteiger partial charge in [-0.2, -0.15) is 4.98 Å². The van der Waals surface area contributed by atoms with Crippen molar-refractivity contribution >= 4 is 11.9 Å². The van der Waals surface area contributed by atoms with Crippen LogP contribution in [-0.2, 0) is 13.0 Å². The molecule has 1 aromatic carbocycles. The molecule has 0 saturated carbocycles. The number of carbonyl (C=O) groups is 1. The maximum Gasteiger partial charge on any atom is 0.407 e. The topological polar surface area (TPSA) is 95.6 Å². The average molecular weight is 419 g/mol. The molecule has 0 bridgehead atoms. The van der Waals surface area contributed by atoms with E-state index in [1.807, 2.05) is 24.3 Å². The number of aromatic nitrogens is 3. The fraction of sp³-hybridized carbons (Fsp3) is 0.391. The van der Waals surface area contributed by atoms with E-state index in [0.717, 1.165) is 40.2 Å². The fourth-order valence-electron chi connectivity index (χ4n) is 4.55. The van der Waals surface area contributed by atoms with Gasteiger partial charge in [0.05, 0.1) is 5.56 Å². The molecule has 0 radical (unpaired) electrons. The molecular formula is C23H25N5O3. The second kappa shape index (κ2) is 7.68. The van der Waals surface area contributed by atoms with Crippen molar-refractivity contribution in [2.75, 3.05) is 18.0 Å². The largest absolute Gasteiger partial charge is 0.465 e. The lowest BCUT2D eigenvalue weighted by atomic mass is 9.97. The van der Waals surface area contributed by atoms with Crippen LogP contribution < -0.4 is 4.90 Å². The van der Waals surface area contributed by atoms with Crippen LogP contribution in [-0.4, -0.2) is 50.4 Å². The Hall–Kier alpha value is -3.42. The summed E-state index contributed by atoms with van der Waals surface area (Å²) in [5.74, 6) is 1.93. The Morgan fingerprint density at radius 2 is 2.06 bits per heavy atom. The molecule has 1 N–H and O–H groups in total. The van der Waals surface area contributed by atoms with Gasteiger partial charge < -0.3 is 19.4 Å². The molecule has 1 unspecified atom stereocenters. The first-order valence-electron chi connectivity index (χ1n) is 10.7. The van der Waals surface area contributed by atoms with Crippen LogP contribution in [0.25, 0.3) is 22.8 Å². The number of rotatable bonds is 3. The van der Waals surface area contributed by atoms with Gasteiger partial charge in [0.2, 0.25) is 5.82 Å². The number of pyridine rings is 1. The molecule has 4 heterocycles. The van der Waals surface area contributed by atoms with Crippen LogP contribution in [0, 0.1) is 6.92 Å². The highest BCUT2D eigenvalue weighted by atomic mass is 16.5. The minimum Gasteiger partial charge on any atom is -0.465 e. The molecular weight excluding hydrogens is 394 g/mol. The Bertz CT molecular complexity index is 1140. The smallest absolute Gasteiger partial charge is 0.407 e. The van der Waals surface area contributed by atoms with Gasteiger partial charge in [-0.05, 0) is 61.9 Å². The fourth-order valence-corrected chi connectivity index (χ4v) is 4.55. The number of nitrogens with zero attached hydrogens (tertiary/aromatic N) is 5. The van der Waals surface area contributed by atoms with Crippen LogP contribution in [0.4, 0.5) is 10.6 Å². The van der Waals surface area contributed by atoms with E-state index in [2.05, 4.69) is 33.9 Å². The first kappa shape index (κ1) is 19.5. The maximum atomic E-state index is 11.3. The monoisotopic (exact) mass is 419 g/mol. The van der Waals surface area contributed by atoms with Gasteiger partial charge in [-0.3, -0.25) is 0 Å². The summed E-state index contributed by atoms with van der Waals surface area (Å²) in [6.45, 7) is 6.23. The number of aryl methyl sites for hydroxylation is 1. The first-order chi connectivity index (χ1) is 15.0. The van der Waals surface area contributed by atoms with Gasteiger partial charge in [-0.1, -0.05) is 17.3 Å². The molecule has 3 aromatic rings. The zero-order valence-electron chi connectivity index (χ0n) is 17.7. The van der Waals surface area contributed by atoms with E-state index in [9.17, 15) is 9.90 Å². The number of anilines is 1. The van der Waals surface area contributed by atoms with Crippen LogP contribution in [0.3, 0.4) is 0 Å². The standard InChI is InChI=1S/C23H25N5O3/c1-14-10-18(12-24-21(14)28-8-3-4-15(28)2)22-25-20(26-31-22)17-6-5-16-7-9-27(23(29)30)13-19(16)11-17/h5-6,10-12,15H,3-4,7-9,13H2,1-2H3,(H,29,30). The highest BCUT2D eigenvalue weighted by Crippen LogP contribution is 2.30. The molecule has 1 atom stereocenters.